The van der Waals surface area contributed by atoms with E-state index in [4.69, 9.17) is 23.7 Å². The highest BCUT2D eigenvalue weighted by atomic mass is 32.2. The molecule has 4 saturated heterocycles. The quantitative estimate of drug-likeness (QED) is 0.0661. The van der Waals surface area contributed by atoms with Crippen LogP contribution in [0.2, 0.25) is 0 Å². The molecule has 278 valence electrons. The Kier molecular flexibility index (Phi) is 16.3. The van der Waals surface area contributed by atoms with Crippen molar-refractivity contribution in [3.63, 3.8) is 0 Å². The van der Waals surface area contributed by atoms with Gasteiger partial charge in [-0.3, -0.25) is 14.4 Å². The summed E-state index contributed by atoms with van der Waals surface area (Å²) in [7, 11) is 1.92. The fourth-order valence-electron chi connectivity index (χ4n) is 6.04. The highest BCUT2D eigenvalue weighted by molar-refractivity contribution is 8.00. The van der Waals surface area contributed by atoms with Crippen molar-refractivity contribution in [2.24, 2.45) is 5.41 Å². The molecule has 4 aliphatic heterocycles. The second-order valence-electron chi connectivity index (χ2n) is 13.2. The second-order valence-corrected chi connectivity index (χ2v) is 14.5. The molecule has 4 unspecified atom stereocenters. The van der Waals surface area contributed by atoms with Crippen molar-refractivity contribution in [2.45, 2.75) is 94.2 Å². The molecular formula is C32H54N6O10S. The first kappa shape index (κ1) is 39.2. The summed E-state index contributed by atoms with van der Waals surface area (Å²) in [5, 5.41) is 17.2. The number of fused-ring (bicyclic) bond motifs is 1. The Hall–Kier alpha value is -2.54. The molecule has 5 amide bonds. The lowest BCUT2D eigenvalue weighted by molar-refractivity contribution is -0.304. The van der Waals surface area contributed by atoms with Crippen LogP contribution in [-0.4, -0.2) is 138 Å². The Morgan fingerprint density at radius 2 is 1.57 bits per heavy atom. The van der Waals surface area contributed by atoms with Crippen LogP contribution < -0.4 is 31.9 Å². The number of ether oxygens (including phenoxy) is 5. The summed E-state index contributed by atoms with van der Waals surface area (Å²) in [4.78, 5) is 60.9. The van der Waals surface area contributed by atoms with Crippen molar-refractivity contribution in [2.75, 3.05) is 72.1 Å². The van der Waals surface area contributed by atoms with E-state index in [1.54, 1.807) is 11.8 Å². The van der Waals surface area contributed by atoms with Gasteiger partial charge >= 0.3 is 6.03 Å². The molecule has 4 heterocycles. The zero-order valence-electron chi connectivity index (χ0n) is 28.7. The van der Waals surface area contributed by atoms with E-state index in [2.05, 4.69) is 31.9 Å². The van der Waals surface area contributed by atoms with Gasteiger partial charge in [-0.25, -0.2) is 4.79 Å². The molecule has 0 bridgehead atoms. The Morgan fingerprint density at radius 3 is 2.22 bits per heavy atom. The number of amides is 5. The van der Waals surface area contributed by atoms with Gasteiger partial charge in [-0.2, -0.15) is 11.8 Å². The van der Waals surface area contributed by atoms with Crippen molar-refractivity contribution in [3.8, 4) is 0 Å². The normalized spacial score (nSPS) is 28.3. The number of urea groups is 1. The molecule has 4 rings (SSSR count). The van der Waals surface area contributed by atoms with E-state index in [0.717, 1.165) is 25.1 Å². The first-order chi connectivity index (χ1) is 23.7. The minimum atomic E-state index is -0.848. The summed E-state index contributed by atoms with van der Waals surface area (Å²) >= 11 is 1.66. The molecule has 0 saturated carbocycles. The lowest BCUT2D eigenvalue weighted by Gasteiger charge is -2.43. The van der Waals surface area contributed by atoms with E-state index >= 15 is 0 Å². The number of carbonyl (C=O) groups excluding carboxylic acids is 5. The van der Waals surface area contributed by atoms with Crippen molar-refractivity contribution < 1.29 is 47.7 Å². The molecule has 49 heavy (non-hydrogen) atoms. The van der Waals surface area contributed by atoms with Crippen molar-refractivity contribution in [1.82, 2.24) is 31.9 Å². The predicted molar refractivity (Wildman–Crippen MR) is 180 cm³/mol. The Balaban J connectivity index is 1.04. The SMILES string of the molecule is CNCCCC1OCC2(CO1)COC(CCCNC(=O)C(CCC(C)=O)NC(=O)CCOCCNC(=O)CC1SCC3NC(=O)NC31)OC2. The van der Waals surface area contributed by atoms with Gasteiger partial charge in [0.2, 0.25) is 17.7 Å². The lowest BCUT2D eigenvalue weighted by atomic mass is 9.90. The van der Waals surface area contributed by atoms with Crippen LogP contribution in [0, 0.1) is 5.41 Å². The van der Waals surface area contributed by atoms with E-state index in [-0.39, 0.29) is 97.3 Å². The van der Waals surface area contributed by atoms with Gasteiger partial charge in [-0.15, -0.1) is 0 Å². The van der Waals surface area contributed by atoms with Crippen molar-refractivity contribution >= 4 is 41.3 Å². The number of thioether (sulfide) groups is 1. The Labute approximate surface area is 292 Å². The van der Waals surface area contributed by atoms with Crippen LogP contribution >= 0.6 is 11.8 Å². The molecule has 4 atom stereocenters. The van der Waals surface area contributed by atoms with Gasteiger partial charge in [0.25, 0.3) is 0 Å². The molecule has 0 aromatic carbocycles. The largest absolute Gasteiger partial charge is 0.379 e. The summed E-state index contributed by atoms with van der Waals surface area (Å²) in [5.41, 5.74) is -0.304. The molecule has 1 spiro atoms. The van der Waals surface area contributed by atoms with Gasteiger partial charge in [0.15, 0.2) is 12.6 Å². The molecule has 4 fully saturated rings. The molecule has 6 N–H and O–H groups in total. The summed E-state index contributed by atoms with van der Waals surface area (Å²) in [6.45, 7) is 5.36. The van der Waals surface area contributed by atoms with Crippen LogP contribution in [0.3, 0.4) is 0 Å². The summed E-state index contributed by atoms with van der Waals surface area (Å²) in [6.07, 6.45) is 3.11. The molecular weight excluding hydrogens is 660 g/mol. The highest BCUT2D eigenvalue weighted by Crippen LogP contribution is 2.33. The number of Topliss-reactive ketones (excluding diaryl/α,β-unsaturated/α-hetero) is 1. The first-order valence-electron chi connectivity index (χ1n) is 17.4. The van der Waals surface area contributed by atoms with E-state index in [1.807, 2.05) is 7.05 Å². The lowest BCUT2D eigenvalue weighted by Crippen LogP contribution is -2.52. The maximum atomic E-state index is 12.9. The van der Waals surface area contributed by atoms with E-state index in [9.17, 15) is 24.0 Å². The Morgan fingerprint density at radius 1 is 0.898 bits per heavy atom. The molecule has 17 heteroatoms. The molecule has 0 aliphatic carbocycles. The average Bonchev–Trinajstić information content (AvgIpc) is 3.63. The van der Waals surface area contributed by atoms with Gasteiger partial charge in [-0.1, -0.05) is 0 Å². The average molecular weight is 715 g/mol. The second kappa shape index (κ2) is 20.3. The van der Waals surface area contributed by atoms with Gasteiger partial charge in [0.1, 0.15) is 11.8 Å². The van der Waals surface area contributed by atoms with E-state index in [0.29, 0.717) is 58.8 Å². The fourth-order valence-corrected chi connectivity index (χ4v) is 7.52. The zero-order valence-corrected chi connectivity index (χ0v) is 29.5. The minimum Gasteiger partial charge on any atom is -0.379 e. The van der Waals surface area contributed by atoms with E-state index < -0.39 is 6.04 Å². The standard InChI is InChI=1S/C32H54N6O10S/c1-21(39)7-8-22(36-25(40)9-13-44-14-12-34-26(41)15-24-29-23(16-49-24)37-31(43)38-29)30(42)35-11-4-6-28-47-19-32(20-48-28)17-45-27(46-18-32)5-3-10-33-2/h22-24,27-29,33H,3-20H2,1-2H3,(H,34,41)(H,35,42)(H,36,40)(H2,37,38,43). The number of rotatable bonds is 21. The number of hydrogen-bond acceptors (Lipinski definition) is 12. The Bertz CT molecular complexity index is 1100. The van der Waals surface area contributed by atoms with Crippen LogP contribution in [0.15, 0.2) is 0 Å². The number of nitrogens with one attached hydrogen (secondary N) is 6. The fraction of sp³-hybridized carbons (Fsp3) is 0.844. The van der Waals surface area contributed by atoms with Crippen molar-refractivity contribution in [1.29, 1.82) is 0 Å². The van der Waals surface area contributed by atoms with E-state index in [1.165, 1.54) is 6.92 Å². The third-order valence-electron chi connectivity index (χ3n) is 8.89. The molecule has 16 nitrogen and oxygen atoms in total. The van der Waals surface area contributed by atoms with Crippen LogP contribution in [0.25, 0.3) is 0 Å². The first-order valence-corrected chi connectivity index (χ1v) is 18.4. The molecule has 4 aliphatic rings. The summed E-state index contributed by atoms with van der Waals surface area (Å²) in [5.74, 6) is -0.146. The molecule has 0 radical (unpaired) electrons. The maximum absolute atomic E-state index is 12.9. The van der Waals surface area contributed by atoms with Crippen LogP contribution in [0.5, 0.6) is 0 Å². The third-order valence-corrected chi connectivity index (χ3v) is 10.3. The van der Waals surface area contributed by atoms with Crippen LogP contribution in [-0.2, 0) is 42.9 Å². The van der Waals surface area contributed by atoms with Gasteiger partial charge < -0.3 is 60.4 Å². The minimum absolute atomic E-state index is 0.0226. The topological polar surface area (TPSA) is 204 Å². The predicted octanol–water partition coefficient (Wildman–Crippen LogP) is -0.453. The smallest absolute Gasteiger partial charge is 0.315 e. The summed E-state index contributed by atoms with van der Waals surface area (Å²) in [6, 6.07) is -1.02. The monoisotopic (exact) mass is 714 g/mol. The number of ketones is 1. The molecule has 0 aromatic heterocycles. The van der Waals surface area contributed by atoms with Gasteiger partial charge in [0.05, 0.1) is 57.1 Å². The number of hydrogen-bond donors (Lipinski definition) is 6. The highest BCUT2D eigenvalue weighted by Gasteiger charge is 2.44. The zero-order chi connectivity index (χ0) is 35.1. The van der Waals surface area contributed by atoms with Gasteiger partial charge in [-0.05, 0) is 46.2 Å². The van der Waals surface area contributed by atoms with Gasteiger partial charge in [0, 0.05) is 49.8 Å². The van der Waals surface area contributed by atoms with Crippen LogP contribution in [0.1, 0.15) is 58.3 Å². The summed E-state index contributed by atoms with van der Waals surface area (Å²) < 4.78 is 29.2. The van der Waals surface area contributed by atoms with Crippen molar-refractivity contribution in [3.05, 3.63) is 0 Å². The molecule has 0 aromatic rings. The van der Waals surface area contributed by atoms with Crippen LogP contribution in [0.4, 0.5) is 4.79 Å². The third kappa shape index (κ3) is 13.3. The maximum Gasteiger partial charge on any atom is 0.315 e. The number of carbonyl (C=O) groups is 5.